The van der Waals surface area contributed by atoms with E-state index in [1.165, 1.54) is 50.2 Å². The standard InChI is InChI=1S/C20H26N4O6S/c1-11(25)23-17-7-13(21)3-5-15(17)19(27)9-31(29,30)10-20(28)16-6-4-14(22)8-18(16)24-12(2)26/h3-8,19-20,27-28H,9-10,21-22H2,1-2H3,(H,23,25)(H,24,26). The van der Waals surface area contributed by atoms with E-state index in [0.29, 0.717) is 11.4 Å². The van der Waals surface area contributed by atoms with Crippen LogP contribution in [0.5, 0.6) is 0 Å². The van der Waals surface area contributed by atoms with Crippen LogP contribution in [0.4, 0.5) is 22.7 Å². The Kier molecular flexibility index (Phi) is 7.60. The Morgan fingerprint density at radius 3 is 1.52 bits per heavy atom. The third-order valence-electron chi connectivity index (χ3n) is 4.32. The van der Waals surface area contributed by atoms with Crippen molar-refractivity contribution in [3.8, 4) is 0 Å². The summed E-state index contributed by atoms with van der Waals surface area (Å²) >= 11 is 0. The predicted octanol–water partition coefficient (Wildman–Crippen LogP) is 0.950. The molecule has 31 heavy (non-hydrogen) atoms. The second-order valence-electron chi connectivity index (χ2n) is 7.16. The molecule has 0 spiro atoms. The van der Waals surface area contributed by atoms with Gasteiger partial charge in [0.2, 0.25) is 11.8 Å². The first kappa shape index (κ1) is 24.1. The van der Waals surface area contributed by atoms with E-state index in [1.807, 2.05) is 0 Å². The molecule has 2 aromatic carbocycles. The van der Waals surface area contributed by atoms with Crippen molar-refractivity contribution < 1.29 is 28.2 Å². The number of rotatable bonds is 8. The number of nitrogen functional groups attached to an aromatic ring is 2. The summed E-state index contributed by atoms with van der Waals surface area (Å²) in [7, 11) is -3.97. The Bertz CT molecular complexity index is 1010. The van der Waals surface area contributed by atoms with Gasteiger partial charge in [0.25, 0.3) is 0 Å². The Morgan fingerprint density at radius 2 is 1.19 bits per heavy atom. The second-order valence-corrected chi connectivity index (χ2v) is 9.32. The van der Waals surface area contributed by atoms with Gasteiger partial charge < -0.3 is 32.3 Å². The molecule has 10 nitrogen and oxygen atoms in total. The van der Waals surface area contributed by atoms with Crippen LogP contribution < -0.4 is 22.1 Å². The number of hydrogen-bond donors (Lipinski definition) is 6. The summed E-state index contributed by atoms with van der Waals surface area (Å²) in [5, 5.41) is 26.0. The van der Waals surface area contributed by atoms with Crippen LogP contribution in [0, 0.1) is 0 Å². The molecular formula is C20H26N4O6S. The lowest BCUT2D eigenvalue weighted by atomic mass is 10.1. The average Bonchev–Trinajstić information content (AvgIpc) is 2.59. The number of aliphatic hydroxyl groups is 2. The van der Waals surface area contributed by atoms with Gasteiger partial charge in [-0.2, -0.15) is 0 Å². The van der Waals surface area contributed by atoms with Gasteiger partial charge >= 0.3 is 0 Å². The van der Waals surface area contributed by atoms with Crippen molar-refractivity contribution in [2.24, 2.45) is 0 Å². The van der Waals surface area contributed by atoms with Crippen molar-refractivity contribution in [2.45, 2.75) is 26.1 Å². The minimum atomic E-state index is -3.97. The second kappa shape index (κ2) is 9.77. The first-order valence-electron chi connectivity index (χ1n) is 9.28. The van der Waals surface area contributed by atoms with Crippen molar-refractivity contribution in [1.29, 1.82) is 0 Å². The summed E-state index contributed by atoms with van der Waals surface area (Å²) in [4.78, 5) is 22.8. The van der Waals surface area contributed by atoms with Gasteiger partial charge in [-0.05, 0) is 24.3 Å². The van der Waals surface area contributed by atoms with Crippen molar-refractivity contribution in [2.75, 3.05) is 33.6 Å². The van der Waals surface area contributed by atoms with E-state index in [2.05, 4.69) is 10.6 Å². The first-order chi connectivity index (χ1) is 14.4. The number of carbonyl (C=O) groups is 2. The van der Waals surface area contributed by atoms with Gasteiger partial charge in [-0.3, -0.25) is 9.59 Å². The average molecular weight is 451 g/mol. The number of nitrogens with two attached hydrogens (primary N) is 2. The van der Waals surface area contributed by atoms with Crippen LogP contribution in [0.1, 0.15) is 37.2 Å². The Hall–Kier alpha value is -3.15. The van der Waals surface area contributed by atoms with Crippen LogP contribution in [0.15, 0.2) is 36.4 Å². The number of nitrogens with one attached hydrogen (secondary N) is 2. The minimum absolute atomic E-state index is 0.175. The third kappa shape index (κ3) is 6.95. The molecule has 2 unspecified atom stereocenters. The molecule has 2 aromatic rings. The van der Waals surface area contributed by atoms with E-state index < -0.39 is 45.4 Å². The molecule has 0 bridgehead atoms. The zero-order valence-electron chi connectivity index (χ0n) is 17.1. The molecule has 8 N–H and O–H groups in total. The smallest absolute Gasteiger partial charge is 0.221 e. The minimum Gasteiger partial charge on any atom is -0.399 e. The lowest BCUT2D eigenvalue weighted by Crippen LogP contribution is -2.23. The van der Waals surface area contributed by atoms with Gasteiger partial charge in [0, 0.05) is 47.7 Å². The van der Waals surface area contributed by atoms with Crippen molar-refractivity contribution in [3.05, 3.63) is 47.5 Å². The van der Waals surface area contributed by atoms with Crippen LogP contribution >= 0.6 is 0 Å². The van der Waals surface area contributed by atoms with Gasteiger partial charge in [-0.25, -0.2) is 8.42 Å². The van der Waals surface area contributed by atoms with E-state index >= 15 is 0 Å². The van der Waals surface area contributed by atoms with Crippen LogP contribution in [0.2, 0.25) is 0 Å². The van der Waals surface area contributed by atoms with E-state index in [4.69, 9.17) is 11.5 Å². The quantitative estimate of drug-likeness (QED) is 0.321. The van der Waals surface area contributed by atoms with Crippen LogP contribution in [-0.2, 0) is 19.4 Å². The van der Waals surface area contributed by atoms with E-state index in [-0.39, 0.29) is 22.5 Å². The van der Waals surface area contributed by atoms with Crippen LogP contribution in [0.25, 0.3) is 0 Å². The van der Waals surface area contributed by atoms with Crippen LogP contribution in [0.3, 0.4) is 0 Å². The molecule has 0 saturated carbocycles. The summed E-state index contributed by atoms with van der Waals surface area (Å²) < 4.78 is 25.3. The number of hydrogen-bond acceptors (Lipinski definition) is 8. The summed E-state index contributed by atoms with van der Waals surface area (Å²) in [6.45, 7) is 2.54. The predicted molar refractivity (Wildman–Crippen MR) is 119 cm³/mol. The van der Waals surface area contributed by atoms with Gasteiger partial charge in [-0.1, -0.05) is 12.1 Å². The lowest BCUT2D eigenvalue weighted by molar-refractivity contribution is -0.115. The number of benzene rings is 2. The number of anilines is 4. The number of sulfone groups is 1. The normalized spacial score (nSPS) is 13.3. The molecule has 0 heterocycles. The van der Waals surface area contributed by atoms with Gasteiger partial charge in [0.05, 0.1) is 23.7 Å². The molecular weight excluding hydrogens is 424 g/mol. The maximum atomic E-state index is 12.7. The molecule has 0 saturated heterocycles. The maximum Gasteiger partial charge on any atom is 0.221 e. The van der Waals surface area contributed by atoms with E-state index in [0.717, 1.165) is 0 Å². The van der Waals surface area contributed by atoms with Crippen molar-refractivity contribution in [3.63, 3.8) is 0 Å². The highest BCUT2D eigenvalue weighted by Gasteiger charge is 2.26. The first-order valence-corrected chi connectivity index (χ1v) is 11.1. The highest BCUT2D eigenvalue weighted by molar-refractivity contribution is 7.91. The Morgan fingerprint density at radius 1 is 0.839 bits per heavy atom. The Labute approximate surface area is 180 Å². The molecule has 0 fully saturated rings. The fraction of sp³-hybridized carbons (Fsp3) is 0.300. The highest BCUT2D eigenvalue weighted by Crippen LogP contribution is 2.30. The molecule has 0 aromatic heterocycles. The Balaban J connectivity index is 2.22. The van der Waals surface area contributed by atoms with E-state index in [9.17, 15) is 28.2 Å². The largest absolute Gasteiger partial charge is 0.399 e. The SMILES string of the molecule is CC(=O)Nc1cc(N)ccc1C(O)CS(=O)(=O)CC(O)c1ccc(N)cc1NC(C)=O. The van der Waals surface area contributed by atoms with Gasteiger partial charge in [0.15, 0.2) is 9.84 Å². The fourth-order valence-corrected chi connectivity index (χ4v) is 4.51. The molecule has 0 aliphatic rings. The van der Waals surface area contributed by atoms with Gasteiger partial charge in [-0.15, -0.1) is 0 Å². The summed E-state index contributed by atoms with van der Waals surface area (Å²) in [5.74, 6) is -2.23. The third-order valence-corrected chi connectivity index (χ3v) is 5.96. The molecule has 2 atom stereocenters. The van der Waals surface area contributed by atoms with Crippen molar-refractivity contribution in [1.82, 2.24) is 0 Å². The molecule has 2 rings (SSSR count). The van der Waals surface area contributed by atoms with Gasteiger partial charge in [0.1, 0.15) is 0 Å². The van der Waals surface area contributed by atoms with E-state index in [1.54, 1.807) is 0 Å². The molecule has 0 aliphatic heterocycles. The molecule has 0 radical (unpaired) electrons. The topological polar surface area (TPSA) is 185 Å². The number of amides is 2. The molecule has 2 amide bonds. The van der Waals surface area contributed by atoms with Crippen molar-refractivity contribution >= 4 is 44.4 Å². The number of aliphatic hydroxyl groups excluding tert-OH is 2. The summed E-state index contributed by atoms with van der Waals surface area (Å²) in [6.07, 6.45) is -2.94. The lowest BCUT2D eigenvalue weighted by Gasteiger charge is -2.19. The molecule has 0 aliphatic carbocycles. The zero-order valence-corrected chi connectivity index (χ0v) is 17.9. The zero-order chi connectivity index (χ0) is 23.3. The molecule has 11 heteroatoms. The monoisotopic (exact) mass is 450 g/mol. The van der Waals surface area contributed by atoms with Crippen LogP contribution in [-0.4, -0.2) is 42.0 Å². The summed E-state index contributed by atoms with van der Waals surface area (Å²) in [6, 6.07) is 8.61. The maximum absolute atomic E-state index is 12.7. The summed E-state index contributed by atoms with van der Waals surface area (Å²) in [5.41, 5.74) is 12.8. The fourth-order valence-electron chi connectivity index (χ4n) is 3.05. The number of carbonyl (C=O) groups excluding carboxylic acids is 2. The molecule has 168 valence electrons. The highest BCUT2D eigenvalue weighted by atomic mass is 32.2.